The van der Waals surface area contributed by atoms with Crippen LogP contribution in [-0.2, 0) is 14.3 Å². The zero-order chi connectivity index (χ0) is 29.7. The van der Waals surface area contributed by atoms with Crippen LogP contribution in [-0.4, -0.2) is 101 Å². The van der Waals surface area contributed by atoms with Crippen LogP contribution in [0.1, 0.15) is 52.9 Å². The lowest BCUT2D eigenvalue weighted by atomic mass is 10.0. The number of alkyl carbamates (subject to hydrolysis) is 1. The van der Waals surface area contributed by atoms with Crippen LogP contribution in [0.15, 0.2) is 0 Å². The maximum atomic E-state index is 12.1. The van der Waals surface area contributed by atoms with Gasteiger partial charge in [-0.1, -0.05) is 6.42 Å². The summed E-state index contributed by atoms with van der Waals surface area (Å²) in [6.07, 6.45) is 3.53. The van der Waals surface area contributed by atoms with Crippen LogP contribution < -0.4 is 31.9 Å². The van der Waals surface area contributed by atoms with Gasteiger partial charge in [-0.25, -0.2) is 9.59 Å². The van der Waals surface area contributed by atoms with E-state index >= 15 is 0 Å². The Kier molecular flexibility index (Phi) is 13.3. The number of thioether (sulfide) groups is 1. The summed E-state index contributed by atoms with van der Waals surface area (Å²) in [7, 11) is 0. The number of rotatable bonds is 17. The van der Waals surface area contributed by atoms with Gasteiger partial charge in [0, 0.05) is 50.2 Å². The van der Waals surface area contributed by atoms with E-state index in [9.17, 15) is 14.4 Å². The lowest BCUT2D eigenvalue weighted by Gasteiger charge is -2.19. The molecule has 14 nitrogen and oxygen atoms in total. The van der Waals surface area contributed by atoms with Crippen LogP contribution in [0.4, 0.5) is 21.5 Å². The number of urea groups is 1. The van der Waals surface area contributed by atoms with Gasteiger partial charge in [-0.05, 0) is 51.6 Å². The Morgan fingerprint density at radius 2 is 1.73 bits per heavy atom. The summed E-state index contributed by atoms with van der Waals surface area (Å²) < 4.78 is 10.8. The van der Waals surface area contributed by atoms with E-state index in [1.165, 1.54) is 0 Å². The lowest BCUT2D eigenvalue weighted by Crippen LogP contribution is -2.36. The minimum absolute atomic E-state index is 0.0347. The minimum atomic E-state index is -0.560. The van der Waals surface area contributed by atoms with E-state index in [2.05, 4.69) is 46.9 Å². The third-order valence-electron chi connectivity index (χ3n) is 6.08. The largest absolute Gasteiger partial charge is 0.444 e. The number of nitrogens with zero attached hydrogens (tertiary/aromatic N) is 3. The van der Waals surface area contributed by atoms with Gasteiger partial charge in [0.2, 0.25) is 23.1 Å². The number of carbonyl (C=O) groups is 3. The first-order valence-corrected chi connectivity index (χ1v) is 15.4. The van der Waals surface area contributed by atoms with Gasteiger partial charge in [-0.3, -0.25) is 4.79 Å². The highest BCUT2D eigenvalue weighted by Gasteiger charge is 2.42. The van der Waals surface area contributed by atoms with Gasteiger partial charge in [-0.15, -0.1) is 0 Å². The molecule has 4 amide bonds. The Balaban J connectivity index is 1.16. The van der Waals surface area contributed by atoms with E-state index in [0.717, 1.165) is 25.0 Å². The van der Waals surface area contributed by atoms with Gasteiger partial charge in [0.1, 0.15) is 5.60 Å². The summed E-state index contributed by atoms with van der Waals surface area (Å²) in [4.78, 5) is 47.5. The first-order chi connectivity index (χ1) is 19.6. The molecule has 0 radical (unpaired) electrons. The van der Waals surface area contributed by atoms with Crippen molar-refractivity contribution in [2.75, 3.05) is 55.8 Å². The summed E-state index contributed by atoms with van der Waals surface area (Å²) >= 11 is 7.88. The van der Waals surface area contributed by atoms with Crippen molar-refractivity contribution in [1.29, 1.82) is 0 Å². The summed E-state index contributed by atoms with van der Waals surface area (Å²) in [5.41, 5.74) is -0.560. The van der Waals surface area contributed by atoms with E-state index in [1.807, 2.05) is 11.8 Å². The van der Waals surface area contributed by atoms with E-state index < -0.39 is 11.7 Å². The number of hydrogen-bond donors (Lipinski definition) is 6. The minimum Gasteiger partial charge on any atom is -0.444 e. The van der Waals surface area contributed by atoms with Crippen LogP contribution in [0.5, 0.6) is 0 Å². The molecule has 16 heteroatoms. The lowest BCUT2D eigenvalue weighted by molar-refractivity contribution is -0.121. The van der Waals surface area contributed by atoms with Crippen molar-refractivity contribution in [2.24, 2.45) is 0 Å². The molecule has 2 fully saturated rings. The van der Waals surface area contributed by atoms with Crippen molar-refractivity contribution >= 4 is 53.3 Å². The number of ether oxygens (including phenoxy) is 2. The monoisotopic (exact) mass is 615 g/mol. The van der Waals surface area contributed by atoms with Crippen LogP contribution in [0.3, 0.4) is 0 Å². The average Bonchev–Trinajstić information content (AvgIpc) is 3.44. The molecule has 1 aromatic heterocycles. The molecule has 3 rings (SSSR count). The summed E-state index contributed by atoms with van der Waals surface area (Å²) in [5.74, 6) is 1.59. The van der Waals surface area contributed by atoms with Crippen LogP contribution in [0, 0.1) is 0 Å². The fourth-order valence-corrected chi connectivity index (χ4v) is 5.97. The quantitative estimate of drug-likeness (QED) is 0.112. The number of aromatic nitrogens is 3. The van der Waals surface area contributed by atoms with Crippen LogP contribution in [0.2, 0.25) is 5.28 Å². The highest BCUT2D eigenvalue weighted by molar-refractivity contribution is 8.00. The van der Waals surface area contributed by atoms with Crippen molar-refractivity contribution in [3.63, 3.8) is 0 Å². The number of hydrogen-bond acceptors (Lipinski definition) is 11. The Hall–Kier alpha value is -2.78. The molecule has 0 bridgehead atoms. The van der Waals surface area contributed by atoms with Gasteiger partial charge in [0.05, 0.1) is 18.7 Å². The molecule has 0 unspecified atom stereocenters. The number of fused-ring (bicyclic) bond motifs is 1. The molecule has 41 heavy (non-hydrogen) atoms. The molecule has 1 aromatic rings. The van der Waals surface area contributed by atoms with Crippen LogP contribution >= 0.6 is 23.4 Å². The molecule has 0 aliphatic carbocycles. The zero-order valence-electron chi connectivity index (χ0n) is 23.9. The summed E-state index contributed by atoms with van der Waals surface area (Å²) in [6, 6.07) is 0.389. The van der Waals surface area contributed by atoms with Crippen molar-refractivity contribution in [2.45, 2.75) is 75.8 Å². The van der Waals surface area contributed by atoms with Gasteiger partial charge in [0.15, 0.2) is 0 Å². The molecular weight excluding hydrogens is 574 g/mol. The molecule has 3 heterocycles. The SMILES string of the molecule is CC(C)(C)OC(=O)NCCNc1nc(Cl)nc(NCCOCCCNC(=O)CCCC[C@@H]2SC[C@@H]3NC(=O)N[C@@H]32)n1. The predicted molar refractivity (Wildman–Crippen MR) is 158 cm³/mol. The number of unbranched alkanes of at least 4 members (excludes halogenated alkanes) is 1. The number of nitrogens with one attached hydrogen (secondary N) is 6. The van der Waals surface area contributed by atoms with E-state index in [4.69, 9.17) is 21.1 Å². The third kappa shape index (κ3) is 12.7. The molecule has 2 aliphatic rings. The van der Waals surface area contributed by atoms with E-state index in [0.29, 0.717) is 63.4 Å². The van der Waals surface area contributed by atoms with Crippen LogP contribution in [0.25, 0.3) is 0 Å². The molecule has 3 atom stereocenters. The highest BCUT2D eigenvalue weighted by Crippen LogP contribution is 2.33. The average molecular weight is 616 g/mol. The van der Waals surface area contributed by atoms with Crippen molar-refractivity contribution in [1.82, 2.24) is 36.2 Å². The molecule has 0 spiro atoms. The molecule has 0 saturated carbocycles. The molecule has 6 N–H and O–H groups in total. The first kappa shape index (κ1) is 32.7. The maximum absolute atomic E-state index is 12.1. The number of carbonyl (C=O) groups excluding carboxylic acids is 3. The topological polar surface area (TPSA) is 181 Å². The maximum Gasteiger partial charge on any atom is 0.407 e. The van der Waals surface area contributed by atoms with Gasteiger partial charge < -0.3 is 41.4 Å². The predicted octanol–water partition coefficient (Wildman–Crippen LogP) is 2.12. The smallest absolute Gasteiger partial charge is 0.407 e. The Bertz CT molecular complexity index is 1020. The third-order valence-corrected chi connectivity index (χ3v) is 7.76. The Morgan fingerprint density at radius 3 is 2.49 bits per heavy atom. The van der Waals surface area contributed by atoms with Gasteiger partial charge in [-0.2, -0.15) is 26.7 Å². The normalized spacial score (nSPS) is 19.6. The number of anilines is 2. The van der Waals surface area contributed by atoms with E-state index in [-0.39, 0.29) is 35.3 Å². The van der Waals surface area contributed by atoms with E-state index in [1.54, 1.807) is 20.8 Å². The summed E-state index contributed by atoms with van der Waals surface area (Å²) in [5, 5.41) is 18.0. The molecule has 2 saturated heterocycles. The van der Waals surface area contributed by atoms with Crippen molar-refractivity contribution < 1.29 is 23.9 Å². The zero-order valence-corrected chi connectivity index (χ0v) is 25.5. The molecular formula is C25H42ClN9O5S. The van der Waals surface area contributed by atoms with Gasteiger partial charge in [0.25, 0.3) is 0 Å². The fraction of sp³-hybridized carbons (Fsp3) is 0.760. The second-order valence-electron chi connectivity index (χ2n) is 10.7. The Morgan fingerprint density at radius 1 is 0.976 bits per heavy atom. The fourth-order valence-electron chi connectivity index (χ4n) is 4.26. The summed E-state index contributed by atoms with van der Waals surface area (Å²) in [6.45, 7) is 8.04. The highest BCUT2D eigenvalue weighted by atomic mass is 35.5. The number of halogens is 1. The second-order valence-corrected chi connectivity index (χ2v) is 12.3. The van der Waals surface area contributed by atoms with Crippen molar-refractivity contribution in [3.8, 4) is 0 Å². The molecule has 2 aliphatic heterocycles. The van der Waals surface area contributed by atoms with Gasteiger partial charge >= 0.3 is 12.1 Å². The Labute approximate surface area is 250 Å². The second kappa shape index (κ2) is 16.6. The standard InChI is InChI=1S/C25H42ClN9O5S/c1-25(2,3)40-24(38)30-11-10-28-21-33-20(26)34-22(35-21)29-12-14-39-13-6-9-27-18(36)8-5-4-7-17-19-16(15-41-17)31-23(37)32-19/h16-17,19H,4-15H2,1-3H3,(H,27,36)(H,30,38)(H2,31,32,37)(H2,28,29,33,34,35)/t16-,17-,19-/m0/s1. The molecule has 230 valence electrons. The van der Waals surface area contributed by atoms with Crippen molar-refractivity contribution in [3.05, 3.63) is 5.28 Å². The molecule has 0 aromatic carbocycles. The number of amides is 4. The first-order valence-electron chi connectivity index (χ1n) is 14.0.